The second-order valence-corrected chi connectivity index (χ2v) is 4.08. The summed E-state index contributed by atoms with van der Waals surface area (Å²) < 4.78 is 5.96. The SMILES string of the molecule is COc1cc(Cl)c2ccsc2c1C=O. The molecule has 0 aliphatic rings. The maximum atomic E-state index is 10.9. The number of halogens is 1. The number of hydrogen-bond acceptors (Lipinski definition) is 3. The summed E-state index contributed by atoms with van der Waals surface area (Å²) in [6, 6.07) is 3.56. The van der Waals surface area contributed by atoms with Crippen LogP contribution in [0.4, 0.5) is 0 Å². The quantitative estimate of drug-likeness (QED) is 0.734. The molecular formula is C10H7ClO2S. The van der Waals surface area contributed by atoms with E-state index in [1.54, 1.807) is 6.07 Å². The first-order chi connectivity index (χ1) is 6.77. The van der Waals surface area contributed by atoms with Crippen molar-refractivity contribution >= 4 is 39.3 Å². The lowest BCUT2D eigenvalue weighted by molar-refractivity contribution is 0.112. The van der Waals surface area contributed by atoms with Crippen molar-refractivity contribution in [1.82, 2.24) is 0 Å². The third kappa shape index (κ3) is 1.29. The summed E-state index contributed by atoms with van der Waals surface area (Å²) in [5.74, 6) is 0.528. The van der Waals surface area contributed by atoms with E-state index in [0.29, 0.717) is 16.3 Å². The highest BCUT2D eigenvalue weighted by Gasteiger charge is 2.11. The van der Waals surface area contributed by atoms with Gasteiger partial charge in [0.25, 0.3) is 0 Å². The van der Waals surface area contributed by atoms with Gasteiger partial charge in [-0.1, -0.05) is 11.6 Å². The van der Waals surface area contributed by atoms with E-state index in [4.69, 9.17) is 16.3 Å². The fourth-order valence-electron chi connectivity index (χ4n) is 1.37. The van der Waals surface area contributed by atoms with Crippen LogP contribution in [0.1, 0.15) is 10.4 Å². The Kier molecular flexibility index (Phi) is 2.44. The molecule has 0 saturated heterocycles. The molecule has 72 valence electrons. The first-order valence-corrected chi connectivity index (χ1v) is 5.22. The summed E-state index contributed by atoms with van der Waals surface area (Å²) in [7, 11) is 1.53. The molecule has 0 saturated carbocycles. The number of fused-ring (bicyclic) bond motifs is 1. The smallest absolute Gasteiger partial charge is 0.155 e. The van der Waals surface area contributed by atoms with Crippen LogP contribution in [0.2, 0.25) is 5.02 Å². The second kappa shape index (κ2) is 3.59. The minimum atomic E-state index is 0.528. The van der Waals surface area contributed by atoms with E-state index in [2.05, 4.69) is 0 Å². The Labute approximate surface area is 90.1 Å². The molecule has 0 spiro atoms. The Morgan fingerprint density at radius 2 is 2.36 bits per heavy atom. The lowest BCUT2D eigenvalue weighted by Gasteiger charge is -2.05. The second-order valence-electron chi connectivity index (χ2n) is 2.76. The van der Waals surface area contributed by atoms with Crippen LogP contribution < -0.4 is 4.74 Å². The Morgan fingerprint density at radius 1 is 1.57 bits per heavy atom. The monoisotopic (exact) mass is 226 g/mol. The van der Waals surface area contributed by atoms with E-state index >= 15 is 0 Å². The molecule has 0 N–H and O–H groups in total. The fourth-order valence-corrected chi connectivity index (χ4v) is 2.60. The molecule has 1 heterocycles. The van der Waals surface area contributed by atoms with Crippen LogP contribution in [-0.4, -0.2) is 13.4 Å². The summed E-state index contributed by atoms with van der Waals surface area (Å²) >= 11 is 7.51. The van der Waals surface area contributed by atoms with Crippen molar-refractivity contribution in [2.45, 2.75) is 0 Å². The Morgan fingerprint density at radius 3 is 3.00 bits per heavy atom. The van der Waals surface area contributed by atoms with E-state index < -0.39 is 0 Å². The molecule has 2 aromatic rings. The molecule has 0 aliphatic carbocycles. The van der Waals surface area contributed by atoms with E-state index in [9.17, 15) is 4.79 Å². The molecule has 14 heavy (non-hydrogen) atoms. The number of ether oxygens (including phenoxy) is 1. The van der Waals surface area contributed by atoms with Crippen molar-refractivity contribution in [3.63, 3.8) is 0 Å². The lowest BCUT2D eigenvalue weighted by Crippen LogP contribution is -1.90. The first-order valence-electron chi connectivity index (χ1n) is 3.96. The first kappa shape index (κ1) is 9.49. The van der Waals surface area contributed by atoms with Gasteiger partial charge in [0.05, 0.1) is 17.7 Å². The van der Waals surface area contributed by atoms with E-state index in [0.717, 1.165) is 16.4 Å². The number of thiophene rings is 1. The Balaban J connectivity index is 2.88. The van der Waals surface area contributed by atoms with Gasteiger partial charge in [-0.15, -0.1) is 11.3 Å². The van der Waals surface area contributed by atoms with Gasteiger partial charge in [-0.3, -0.25) is 4.79 Å². The standard InChI is InChI=1S/C10H7ClO2S/c1-13-9-4-8(11)6-2-3-14-10(6)7(9)5-12/h2-5H,1H3. The summed E-state index contributed by atoms with van der Waals surface area (Å²) in [6.07, 6.45) is 0.800. The minimum absolute atomic E-state index is 0.528. The van der Waals surface area contributed by atoms with E-state index in [1.807, 2.05) is 11.4 Å². The normalized spacial score (nSPS) is 10.4. The topological polar surface area (TPSA) is 26.3 Å². The third-order valence-corrected chi connectivity index (χ3v) is 3.29. The largest absolute Gasteiger partial charge is 0.496 e. The van der Waals surface area contributed by atoms with Gasteiger partial charge in [0.1, 0.15) is 5.75 Å². The van der Waals surface area contributed by atoms with Crippen LogP contribution in [0.25, 0.3) is 10.1 Å². The van der Waals surface area contributed by atoms with E-state index in [-0.39, 0.29) is 0 Å². The molecule has 0 radical (unpaired) electrons. The highest BCUT2D eigenvalue weighted by molar-refractivity contribution is 7.17. The van der Waals surface area contributed by atoms with Gasteiger partial charge >= 0.3 is 0 Å². The molecule has 1 aromatic carbocycles. The van der Waals surface area contributed by atoms with Gasteiger partial charge in [-0.2, -0.15) is 0 Å². The van der Waals surface area contributed by atoms with Crippen LogP contribution in [0.5, 0.6) is 5.75 Å². The maximum Gasteiger partial charge on any atom is 0.155 e. The minimum Gasteiger partial charge on any atom is -0.496 e. The molecule has 0 aliphatic heterocycles. The highest BCUT2D eigenvalue weighted by atomic mass is 35.5. The van der Waals surface area contributed by atoms with Gasteiger partial charge in [-0.05, 0) is 11.4 Å². The Bertz CT molecular complexity index is 490. The number of hydrogen-bond donors (Lipinski definition) is 0. The fraction of sp³-hybridized carbons (Fsp3) is 0.100. The van der Waals surface area contributed by atoms with Crippen molar-refractivity contribution in [1.29, 1.82) is 0 Å². The molecule has 0 unspecified atom stereocenters. The average molecular weight is 227 g/mol. The molecule has 0 bridgehead atoms. The van der Waals surface area contributed by atoms with Crippen molar-refractivity contribution in [2.24, 2.45) is 0 Å². The lowest BCUT2D eigenvalue weighted by atomic mass is 10.1. The number of carbonyl (C=O) groups is 1. The zero-order valence-electron chi connectivity index (χ0n) is 7.41. The third-order valence-electron chi connectivity index (χ3n) is 2.03. The van der Waals surface area contributed by atoms with Crippen LogP contribution in [-0.2, 0) is 0 Å². The molecule has 0 fully saturated rings. The molecule has 0 amide bonds. The van der Waals surface area contributed by atoms with Crippen LogP contribution in [0, 0.1) is 0 Å². The predicted octanol–water partition coefficient (Wildman–Crippen LogP) is 3.38. The van der Waals surface area contributed by atoms with Gasteiger partial charge in [0, 0.05) is 16.2 Å². The number of carbonyl (C=O) groups excluding carboxylic acids is 1. The van der Waals surface area contributed by atoms with Crippen LogP contribution in [0.3, 0.4) is 0 Å². The summed E-state index contributed by atoms with van der Waals surface area (Å²) in [4.78, 5) is 10.9. The van der Waals surface area contributed by atoms with Crippen LogP contribution >= 0.6 is 22.9 Å². The van der Waals surface area contributed by atoms with Crippen molar-refractivity contribution in [3.8, 4) is 5.75 Å². The van der Waals surface area contributed by atoms with Crippen LogP contribution in [0.15, 0.2) is 17.5 Å². The molecule has 2 nitrogen and oxygen atoms in total. The van der Waals surface area contributed by atoms with Gasteiger partial charge in [0.15, 0.2) is 6.29 Å². The number of methoxy groups -OCH3 is 1. The van der Waals surface area contributed by atoms with Gasteiger partial charge in [-0.25, -0.2) is 0 Å². The van der Waals surface area contributed by atoms with Crippen molar-refractivity contribution in [2.75, 3.05) is 7.11 Å². The van der Waals surface area contributed by atoms with Gasteiger partial charge in [0.2, 0.25) is 0 Å². The zero-order chi connectivity index (χ0) is 10.1. The van der Waals surface area contributed by atoms with Crippen molar-refractivity contribution in [3.05, 3.63) is 28.1 Å². The summed E-state index contributed by atoms with van der Waals surface area (Å²) in [5.41, 5.74) is 0.571. The molecule has 1 aromatic heterocycles. The zero-order valence-corrected chi connectivity index (χ0v) is 8.98. The van der Waals surface area contributed by atoms with Gasteiger partial charge < -0.3 is 4.74 Å². The molecular weight excluding hydrogens is 220 g/mol. The Hall–Kier alpha value is -1.06. The predicted molar refractivity (Wildman–Crippen MR) is 58.8 cm³/mol. The average Bonchev–Trinajstić information content (AvgIpc) is 2.66. The number of aldehydes is 1. The highest BCUT2D eigenvalue weighted by Crippen LogP contribution is 2.36. The van der Waals surface area contributed by atoms with Crippen molar-refractivity contribution < 1.29 is 9.53 Å². The summed E-state index contributed by atoms with van der Waals surface area (Å²) in [5, 5.41) is 3.42. The molecule has 4 heteroatoms. The number of rotatable bonds is 2. The number of benzene rings is 1. The summed E-state index contributed by atoms with van der Waals surface area (Å²) in [6.45, 7) is 0. The molecule has 2 rings (SSSR count). The maximum absolute atomic E-state index is 10.9. The van der Waals surface area contributed by atoms with E-state index in [1.165, 1.54) is 18.4 Å². The molecule has 0 atom stereocenters.